The van der Waals surface area contributed by atoms with Crippen molar-refractivity contribution in [1.29, 1.82) is 0 Å². The summed E-state index contributed by atoms with van der Waals surface area (Å²) in [5, 5.41) is 10.2. The van der Waals surface area contributed by atoms with Gasteiger partial charge in [0.05, 0.1) is 35.9 Å². The van der Waals surface area contributed by atoms with Gasteiger partial charge < -0.3 is 19.1 Å². The van der Waals surface area contributed by atoms with E-state index < -0.39 is 11.9 Å². The van der Waals surface area contributed by atoms with Crippen LogP contribution in [0, 0.1) is 0 Å². The minimum absolute atomic E-state index is 0.0224. The van der Waals surface area contributed by atoms with Gasteiger partial charge in [-0.05, 0) is 63.1 Å². The third-order valence-electron chi connectivity index (χ3n) is 8.08. The minimum atomic E-state index is -0.865. The fourth-order valence-corrected chi connectivity index (χ4v) is 6.16. The van der Waals surface area contributed by atoms with E-state index in [0.717, 1.165) is 72.2 Å². The smallest absolute Gasteiger partial charge is 0.414 e. The molecular weight excluding hydrogens is 470 g/mol. The zero-order valence-electron chi connectivity index (χ0n) is 21.7. The number of carboxylic acids is 1. The van der Waals surface area contributed by atoms with Crippen molar-refractivity contribution in [3.8, 4) is 0 Å². The van der Waals surface area contributed by atoms with Crippen molar-refractivity contribution in [2.24, 2.45) is 0 Å². The number of aliphatic carboxylic acids is 1. The number of carbonyl (C=O) groups is 2. The Morgan fingerprint density at radius 1 is 1.11 bits per heavy atom. The SMILES string of the molecule is COC(=O)N1c2ccc3c(nc(C[C@@H](C(=O)O)c4ccccc4)n3[C@@H]3CCC[C@@H](OC)C3)c2CC[C@@H]1C. The van der Waals surface area contributed by atoms with E-state index in [9.17, 15) is 14.7 Å². The Morgan fingerprint density at radius 2 is 1.89 bits per heavy atom. The Kier molecular flexibility index (Phi) is 7.20. The number of aromatic nitrogens is 2. The lowest BCUT2D eigenvalue weighted by atomic mass is 9.91. The lowest BCUT2D eigenvalue weighted by molar-refractivity contribution is -0.138. The monoisotopic (exact) mass is 505 g/mol. The molecule has 0 saturated heterocycles. The van der Waals surface area contributed by atoms with Gasteiger partial charge in [-0.1, -0.05) is 30.3 Å². The van der Waals surface area contributed by atoms with Gasteiger partial charge in [0.15, 0.2) is 0 Å². The molecule has 4 atom stereocenters. The van der Waals surface area contributed by atoms with E-state index in [0.29, 0.717) is 0 Å². The van der Waals surface area contributed by atoms with Gasteiger partial charge in [0, 0.05) is 31.2 Å². The van der Waals surface area contributed by atoms with Crippen molar-refractivity contribution in [3.63, 3.8) is 0 Å². The van der Waals surface area contributed by atoms with Gasteiger partial charge in [0.25, 0.3) is 0 Å². The number of benzene rings is 2. The second-order valence-electron chi connectivity index (χ2n) is 10.2. The number of rotatable bonds is 6. The number of aryl methyl sites for hydroxylation is 1. The number of nitrogens with zero attached hydrogens (tertiary/aromatic N) is 3. The number of methoxy groups -OCH3 is 2. The zero-order chi connectivity index (χ0) is 26.1. The Bertz CT molecular complexity index is 1290. The molecule has 3 aromatic rings. The first-order valence-electron chi connectivity index (χ1n) is 13.1. The number of anilines is 1. The second kappa shape index (κ2) is 10.5. The summed E-state index contributed by atoms with van der Waals surface area (Å²) in [6.07, 6.45) is 5.60. The molecule has 2 aromatic carbocycles. The highest BCUT2D eigenvalue weighted by Gasteiger charge is 2.34. The van der Waals surface area contributed by atoms with Crippen LogP contribution in [0.1, 0.15) is 67.9 Å². The highest BCUT2D eigenvalue weighted by atomic mass is 16.5. The molecular formula is C29H35N3O5. The van der Waals surface area contributed by atoms with Crippen molar-refractivity contribution < 1.29 is 24.2 Å². The predicted octanol–water partition coefficient (Wildman–Crippen LogP) is 5.48. The number of fused-ring (bicyclic) bond motifs is 3. The average Bonchev–Trinajstić information content (AvgIpc) is 3.30. The first-order chi connectivity index (χ1) is 17.9. The average molecular weight is 506 g/mol. The largest absolute Gasteiger partial charge is 0.481 e. The van der Waals surface area contributed by atoms with Crippen molar-refractivity contribution in [2.45, 2.75) is 76.0 Å². The standard InChI is InChI=1S/C29H35N3O5/c1-18-12-13-22-24(31(18)29(35)37-3)14-15-25-27(22)30-26(32(25)20-10-7-11-21(16-20)36-2)17-23(28(33)34)19-8-5-4-6-9-19/h4-6,8-9,14-15,18,20-21,23H,7,10-13,16-17H2,1-3H3,(H,33,34)/t18-,20+,21+,23+/m0/s1. The van der Waals surface area contributed by atoms with Crippen LogP contribution in [0.5, 0.6) is 0 Å². The fourth-order valence-electron chi connectivity index (χ4n) is 6.16. The van der Waals surface area contributed by atoms with Crippen LogP contribution in [0.4, 0.5) is 10.5 Å². The molecule has 0 radical (unpaired) electrons. The molecule has 2 aliphatic rings. The number of imidazole rings is 1. The molecule has 1 aliphatic carbocycles. The van der Waals surface area contributed by atoms with Crippen LogP contribution in [0.2, 0.25) is 0 Å². The van der Waals surface area contributed by atoms with E-state index in [1.54, 1.807) is 12.0 Å². The molecule has 196 valence electrons. The highest BCUT2D eigenvalue weighted by Crippen LogP contribution is 2.40. The van der Waals surface area contributed by atoms with Gasteiger partial charge in [-0.2, -0.15) is 0 Å². The minimum Gasteiger partial charge on any atom is -0.481 e. The fraction of sp³-hybridized carbons (Fsp3) is 0.483. The normalized spacial score (nSPS) is 22.5. The molecule has 0 bridgehead atoms. The lowest BCUT2D eigenvalue weighted by Crippen LogP contribution is -2.42. The maximum atomic E-state index is 12.6. The molecule has 0 unspecified atom stereocenters. The van der Waals surface area contributed by atoms with Crippen LogP contribution in [0.3, 0.4) is 0 Å². The summed E-state index contributed by atoms with van der Waals surface area (Å²) < 4.78 is 13.1. The summed E-state index contributed by atoms with van der Waals surface area (Å²) >= 11 is 0. The van der Waals surface area contributed by atoms with E-state index in [1.165, 1.54) is 7.11 Å². The third kappa shape index (κ3) is 4.70. The van der Waals surface area contributed by atoms with E-state index in [1.807, 2.05) is 49.4 Å². The molecule has 2 heterocycles. The van der Waals surface area contributed by atoms with Gasteiger partial charge in [-0.15, -0.1) is 0 Å². The molecule has 1 N–H and O–H groups in total. The quantitative estimate of drug-likeness (QED) is 0.476. The van der Waals surface area contributed by atoms with E-state index in [-0.39, 0.29) is 30.7 Å². The van der Waals surface area contributed by atoms with Crippen LogP contribution in [0.25, 0.3) is 11.0 Å². The van der Waals surface area contributed by atoms with Gasteiger partial charge >= 0.3 is 12.1 Å². The Labute approximate surface area is 217 Å². The summed E-state index contributed by atoms with van der Waals surface area (Å²) in [7, 11) is 3.16. The van der Waals surface area contributed by atoms with E-state index in [2.05, 4.69) is 4.57 Å². The maximum absolute atomic E-state index is 12.6. The van der Waals surface area contributed by atoms with Gasteiger partial charge in [-0.3, -0.25) is 9.69 Å². The van der Waals surface area contributed by atoms with Crippen molar-refractivity contribution in [3.05, 3.63) is 59.4 Å². The predicted molar refractivity (Wildman–Crippen MR) is 141 cm³/mol. The van der Waals surface area contributed by atoms with Crippen molar-refractivity contribution in [1.82, 2.24) is 9.55 Å². The Hall–Kier alpha value is -3.39. The Balaban J connectivity index is 1.66. The van der Waals surface area contributed by atoms with E-state index >= 15 is 0 Å². The molecule has 1 amide bonds. The molecule has 1 fully saturated rings. The highest BCUT2D eigenvalue weighted by molar-refractivity contribution is 5.95. The summed E-state index contributed by atoms with van der Waals surface area (Å²) in [4.78, 5) is 31.9. The molecule has 1 aromatic heterocycles. The summed E-state index contributed by atoms with van der Waals surface area (Å²) in [5.41, 5.74) is 4.45. The molecule has 1 aliphatic heterocycles. The van der Waals surface area contributed by atoms with Crippen molar-refractivity contribution >= 4 is 28.8 Å². The van der Waals surface area contributed by atoms with Gasteiger partial charge in [0.2, 0.25) is 0 Å². The second-order valence-corrected chi connectivity index (χ2v) is 10.2. The molecule has 0 spiro atoms. The van der Waals surface area contributed by atoms with Gasteiger partial charge in [0.1, 0.15) is 5.82 Å². The zero-order valence-corrected chi connectivity index (χ0v) is 21.7. The van der Waals surface area contributed by atoms with Crippen LogP contribution in [0.15, 0.2) is 42.5 Å². The van der Waals surface area contributed by atoms with Crippen LogP contribution in [-0.4, -0.2) is 53.1 Å². The lowest BCUT2D eigenvalue weighted by Gasteiger charge is -2.34. The number of amides is 1. The summed E-state index contributed by atoms with van der Waals surface area (Å²) in [6, 6.07) is 13.6. The number of carboxylic acid groups (broad SMARTS) is 1. The van der Waals surface area contributed by atoms with Crippen LogP contribution < -0.4 is 4.90 Å². The number of hydrogen-bond donors (Lipinski definition) is 1. The van der Waals surface area contributed by atoms with E-state index in [4.69, 9.17) is 14.5 Å². The maximum Gasteiger partial charge on any atom is 0.414 e. The molecule has 8 heteroatoms. The molecule has 5 rings (SSSR count). The van der Waals surface area contributed by atoms with Crippen molar-refractivity contribution in [2.75, 3.05) is 19.1 Å². The topological polar surface area (TPSA) is 93.9 Å². The molecule has 8 nitrogen and oxygen atoms in total. The van der Waals surface area contributed by atoms with Crippen LogP contribution in [-0.2, 0) is 27.1 Å². The number of carbonyl (C=O) groups excluding carboxylic acids is 1. The first-order valence-corrected chi connectivity index (χ1v) is 13.1. The first kappa shape index (κ1) is 25.3. The summed E-state index contributed by atoms with van der Waals surface area (Å²) in [5.74, 6) is -0.804. The third-order valence-corrected chi connectivity index (χ3v) is 8.08. The van der Waals surface area contributed by atoms with Crippen LogP contribution >= 0.6 is 0 Å². The summed E-state index contributed by atoms with van der Waals surface area (Å²) in [6.45, 7) is 2.03. The number of hydrogen-bond acceptors (Lipinski definition) is 5. The van der Waals surface area contributed by atoms with Gasteiger partial charge in [-0.25, -0.2) is 9.78 Å². The Morgan fingerprint density at radius 3 is 2.59 bits per heavy atom. The molecule has 37 heavy (non-hydrogen) atoms. The number of ether oxygens (including phenoxy) is 2. The molecule has 1 saturated carbocycles.